The summed E-state index contributed by atoms with van der Waals surface area (Å²) in [6.45, 7) is 9.95. The molecule has 2 aromatic heterocycles. The molecule has 5 aromatic rings. The summed E-state index contributed by atoms with van der Waals surface area (Å²) in [5.74, 6) is 1.66. The van der Waals surface area contributed by atoms with Gasteiger partial charge in [-0.1, -0.05) is 87.2 Å². The Kier molecular flexibility index (Phi) is 16.6. The molecule has 0 saturated carbocycles. The van der Waals surface area contributed by atoms with E-state index in [1.807, 2.05) is 42.5 Å². The number of rotatable bonds is 24. The molecule has 0 bridgehead atoms. The van der Waals surface area contributed by atoms with Crippen LogP contribution in [0.25, 0.3) is 38.8 Å². The van der Waals surface area contributed by atoms with E-state index in [0.717, 1.165) is 106 Å². The summed E-state index contributed by atoms with van der Waals surface area (Å²) in [4.78, 5) is 9.67. The first kappa shape index (κ1) is 41.1. The number of anilines is 2. The Labute approximate surface area is 331 Å². The van der Waals surface area contributed by atoms with Gasteiger partial charge in [0.15, 0.2) is 0 Å². The maximum absolute atomic E-state index is 6.28. The van der Waals surface area contributed by atoms with Gasteiger partial charge in [-0.05, 0) is 112 Å². The minimum atomic E-state index is 0.575. The second-order valence-electron chi connectivity index (χ2n) is 14.0. The zero-order chi connectivity index (χ0) is 38.1. The van der Waals surface area contributed by atoms with Crippen LogP contribution < -0.4 is 25.4 Å². The standard InChI is InChI=1S/C45H57Cl2N5O2/c1-5-33(46)28-42-32(2)44(38-30-35(53-3)19-22-40(38)51-42)49-26-16-12-8-6-10-14-24-48-25-15-11-7-9-13-17-27-50-45-37-21-18-34(47)29-43(37)52-41-23-20-36(54-4)31-39(41)45/h5,18-23,28-31,48H,1,6-17,24-27H2,2-4H3,(H,49,51)(H,50,52)/b33-28+. The number of aromatic nitrogens is 2. The zero-order valence-electron chi connectivity index (χ0n) is 32.3. The van der Waals surface area contributed by atoms with E-state index in [-0.39, 0.29) is 0 Å². The van der Waals surface area contributed by atoms with Crippen molar-refractivity contribution in [3.63, 3.8) is 0 Å². The molecule has 5 rings (SSSR count). The molecule has 0 aliphatic rings. The van der Waals surface area contributed by atoms with Crippen LogP contribution in [0.1, 0.15) is 88.3 Å². The van der Waals surface area contributed by atoms with Gasteiger partial charge in [-0.25, -0.2) is 9.97 Å². The summed E-state index contributed by atoms with van der Waals surface area (Å²) in [5.41, 5.74) is 6.89. The van der Waals surface area contributed by atoms with Crippen molar-refractivity contribution in [3.8, 4) is 11.5 Å². The molecule has 0 atom stereocenters. The van der Waals surface area contributed by atoms with Gasteiger partial charge in [0.25, 0.3) is 0 Å². The molecule has 0 aliphatic carbocycles. The smallest absolute Gasteiger partial charge is 0.119 e. The van der Waals surface area contributed by atoms with E-state index in [2.05, 4.69) is 47.7 Å². The highest BCUT2D eigenvalue weighted by Gasteiger charge is 2.13. The summed E-state index contributed by atoms with van der Waals surface area (Å²) >= 11 is 12.6. The number of nitrogens with one attached hydrogen (secondary N) is 3. The second kappa shape index (κ2) is 21.7. The third-order valence-corrected chi connectivity index (χ3v) is 10.5. The molecule has 3 aromatic carbocycles. The first-order valence-electron chi connectivity index (χ1n) is 19.6. The molecular formula is C45H57Cl2N5O2. The number of fused-ring (bicyclic) bond motifs is 3. The van der Waals surface area contributed by atoms with Crippen LogP contribution in [0.3, 0.4) is 0 Å². The zero-order valence-corrected chi connectivity index (χ0v) is 33.9. The Morgan fingerprint density at radius 2 is 1.15 bits per heavy atom. The third kappa shape index (κ3) is 11.7. The Morgan fingerprint density at radius 1 is 0.630 bits per heavy atom. The normalized spacial score (nSPS) is 11.8. The van der Waals surface area contributed by atoms with Gasteiger partial charge in [0.2, 0.25) is 0 Å². The lowest BCUT2D eigenvalue weighted by Crippen LogP contribution is -2.16. The average molecular weight is 771 g/mol. The highest BCUT2D eigenvalue weighted by atomic mass is 35.5. The predicted molar refractivity (Wildman–Crippen MR) is 233 cm³/mol. The first-order valence-corrected chi connectivity index (χ1v) is 20.4. The summed E-state index contributed by atoms with van der Waals surface area (Å²) in [6.07, 6.45) is 18.4. The van der Waals surface area contributed by atoms with Crippen LogP contribution >= 0.6 is 23.2 Å². The molecule has 7 nitrogen and oxygen atoms in total. The first-order chi connectivity index (χ1) is 26.4. The topological polar surface area (TPSA) is 80.3 Å². The number of ether oxygens (including phenoxy) is 2. The maximum atomic E-state index is 6.28. The Balaban J connectivity index is 0.891. The SMILES string of the molecule is C=C/C(Cl)=C\c1nc2ccc(OC)cc2c(NCCCCCCCCNCCCCCCCCNc2c3ccc(Cl)cc3nc3ccc(OC)cc23)c1C. The van der Waals surface area contributed by atoms with Crippen LogP contribution in [0.2, 0.25) is 5.02 Å². The van der Waals surface area contributed by atoms with Crippen molar-refractivity contribution in [1.82, 2.24) is 15.3 Å². The van der Waals surface area contributed by atoms with E-state index in [0.29, 0.717) is 10.1 Å². The number of methoxy groups -OCH3 is 2. The number of benzene rings is 3. The summed E-state index contributed by atoms with van der Waals surface area (Å²) in [6, 6.07) is 18.0. The van der Waals surface area contributed by atoms with Crippen LogP contribution in [-0.2, 0) is 0 Å². The fourth-order valence-electron chi connectivity index (χ4n) is 6.97. The molecular weight excluding hydrogens is 713 g/mol. The molecule has 0 fully saturated rings. The predicted octanol–water partition coefficient (Wildman–Crippen LogP) is 12.5. The van der Waals surface area contributed by atoms with Crippen molar-refractivity contribution in [1.29, 1.82) is 0 Å². The Morgan fingerprint density at radius 3 is 1.72 bits per heavy atom. The van der Waals surface area contributed by atoms with Gasteiger partial charge in [0.1, 0.15) is 11.5 Å². The fraction of sp³-hybridized carbons (Fsp3) is 0.422. The van der Waals surface area contributed by atoms with Crippen molar-refractivity contribution in [3.05, 3.63) is 88.6 Å². The minimum Gasteiger partial charge on any atom is -0.497 e. The molecule has 0 saturated heterocycles. The quantitative estimate of drug-likeness (QED) is 0.0327. The van der Waals surface area contributed by atoms with Crippen LogP contribution in [0.15, 0.2) is 72.3 Å². The number of nitrogens with zero attached hydrogens (tertiary/aromatic N) is 2. The molecule has 0 amide bonds. The van der Waals surface area contributed by atoms with Crippen LogP contribution in [0, 0.1) is 6.92 Å². The third-order valence-electron chi connectivity index (χ3n) is 10.1. The number of allylic oxidation sites excluding steroid dienone is 2. The molecule has 288 valence electrons. The van der Waals surface area contributed by atoms with Gasteiger partial charge < -0.3 is 25.4 Å². The second-order valence-corrected chi connectivity index (χ2v) is 14.9. The van der Waals surface area contributed by atoms with Gasteiger partial charge in [0, 0.05) is 45.0 Å². The monoisotopic (exact) mass is 769 g/mol. The van der Waals surface area contributed by atoms with Crippen molar-refractivity contribution in [2.45, 2.75) is 84.0 Å². The van der Waals surface area contributed by atoms with Crippen LogP contribution in [0.4, 0.5) is 11.4 Å². The lowest BCUT2D eigenvalue weighted by atomic mass is 10.1. The van der Waals surface area contributed by atoms with Gasteiger partial charge in [-0.15, -0.1) is 0 Å². The Hall–Kier alpha value is -4.04. The maximum Gasteiger partial charge on any atom is 0.119 e. The van der Waals surface area contributed by atoms with Crippen LogP contribution in [0.5, 0.6) is 11.5 Å². The van der Waals surface area contributed by atoms with E-state index in [4.69, 9.17) is 42.6 Å². The number of halogens is 2. The van der Waals surface area contributed by atoms with Crippen LogP contribution in [-0.4, -0.2) is 50.4 Å². The number of pyridine rings is 2. The molecule has 0 unspecified atom stereocenters. The number of hydrogen-bond acceptors (Lipinski definition) is 7. The fourth-order valence-corrected chi connectivity index (χ4v) is 7.24. The summed E-state index contributed by atoms with van der Waals surface area (Å²) in [5, 5.41) is 15.6. The van der Waals surface area contributed by atoms with Crippen molar-refractivity contribution >= 4 is 73.4 Å². The van der Waals surface area contributed by atoms with Gasteiger partial charge in [-0.2, -0.15) is 0 Å². The van der Waals surface area contributed by atoms with Crippen molar-refractivity contribution in [2.75, 3.05) is 51.0 Å². The van der Waals surface area contributed by atoms with E-state index in [1.54, 1.807) is 20.3 Å². The molecule has 0 radical (unpaired) electrons. The lowest BCUT2D eigenvalue weighted by molar-refractivity contribution is 0.415. The van der Waals surface area contributed by atoms with Gasteiger partial charge >= 0.3 is 0 Å². The number of hydrogen-bond donors (Lipinski definition) is 3. The Bertz CT molecular complexity index is 2010. The average Bonchev–Trinajstić information content (AvgIpc) is 3.18. The largest absolute Gasteiger partial charge is 0.497 e. The molecule has 3 N–H and O–H groups in total. The highest BCUT2D eigenvalue weighted by molar-refractivity contribution is 6.33. The molecule has 0 spiro atoms. The molecule has 9 heteroatoms. The van der Waals surface area contributed by atoms with E-state index >= 15 is 0 Å². The van der Waals surface area contributed by atoms with E-state index in [1.165, 1.54) is 64.2 Å². The molecule has 54 heavy (non-hydrogen) atoms. The van der Waals surface area contributed by atoms with Gasteiger partial charge in [-0.3, -0.25) is 0 Å². The van der Waals surface area contributed by atoms with Gasteiger partial charge in [0.05, 0.1) is 42.2 Å². The van der Waals surface area contributed by atoms with E-state index < -0.39 is 0 Å². The summed E-state index contributed by atoms with van der Waals surface area (Å²) < 4.78 is 11.0. The van der Waals surface area contributed by atoms with E-state index in [9.17, 15) is 0 Å². The summed E-state index contributed by atoms with van der Waals surface area (Å²) in [7, 11) is 3.39. The van der Waals surface area contributed by atoms with Crippen molar-refractivity contribution < 1.29 is 9.47 Å². The highest BCUT2D eigenvalue weighted by Crippen LogP contribution is 2.35. The lowest BCUT2D eigenvalue weighted by Gasteiger charge is -2.16. The number of unbranched alkanes of at least 4 members (excludes halogenated alkanes) is 10. The molecule has 2 heterocycles. The minimum absolute atomic E-state index is 0.575. The molecule has 0 aliphatic heterocycles. The van der Waals surface area contributed by atoms with Crippen molar-refractivity contribution in [2.24, 2.45) is 0 Å².